The van der Waals surface area contributed by atoms with E-state index in [1.165, 1.54) is 30.8 Å². The first-order valence-electron chi connectivity index (χ1n) is 8.50. The van der Waals surface area contributed by atoms with E-state index >= 15 is 0 Å². The lowest BCUT2D eigenvalue weighted by atomic mass is 9.92. The summed E-state index contributed by atoms with van der Waals surface area (Å²) < 4.78 is 39.7. The van der Waals surface area contributed by atoms with Gasteiger partial charge in [0.1, 0.15) is 5.82 Å². The van der Waals surface area contributed by atoms with Crippen LogP contribution in [0, 0.1) is 5.82 Å². The molecule has 1 amide bonds. The molecule has 0 saturated carbocycles. The van der Waals surface area contributed by atoms with Crippen LogP contribution < -0.4 is 5.32 Å². The van der Waals surface area contributed by atoms with E-state index in [1.54, 1.807) is 18.2 Å². The van der Waals surface area contributed by atoms with Crippen molar-refractivity contribution < 1.29 is 17.6 Å². The van der Waals surface area contributed by atoms with Crippen LogP contribution in [0.4, 0.5) is 10.1 Å². The lowest BCUT2D eigenvalue weighted by molar-refractivity contribution is -0.116. The molecule has 26 heavy (non-hydrogen) atoms. The summed E-state index contributed by atoms with van der Waals surface area (Å²) in [6, 6.07) is 10.6. The molecule has 0 fully saturated rings. The third-order valence-electron chi connectivity index (χ3n) is 4.50. The molecular formula is C19H21FN2O3S. The molecule has 0 atom stereocenters. The number of carbonyl (C=O) groups is 1. The zero-order valence-corrected chi connectivity index (χ0v) is 15.4. The molecule has 0 unspecified atom stereocenters. The third-order valence-corrected chi connectivity index (χ3v) is 6.30. The molecule has 2 aromatic rings. The zero-order valence-electron chi connectivity index (χ0n) is 14.5. The second-order valence-electron chi connectivity index (χ2n) is 6.46. The van der Waals surface area contributed by atoms with Gasteiger partial charge in [0.05, 0.1) is 11.4 Å². The average molecular weight is 376 g/mol. The molecule has 1 aliphatic rings. The van der Waals surface area contributed by atoms with Crippen molar-refractivity contribution in [3.63, 3.8) is 0 Å². The number of nitrogens with zero attached hydrogens (tertiary/aromatic N) is 1. The van der Waals surface area contributed by atoms with Crippen molar-refractivity contribution in [1.29, 1.82) is 0 Å². The average Bonchev–Trinajstić information content (AvgIpc) is 2.61. The van der Waals surface area contributed by atoms with Gasteiger partial charge in [-0.15, -0.1) is 0 Å². The lowest BCUT2D eigenvalue weighted by Crippen LogP contribution is -2.35. The normalized spacial score (nSPS) is 14.1. The van der Waals surface area contributed by atoms with E-state index in [-0.39, 0.29) is 17.1 Å². The standard InChI is InChI=1S/C19H21FN2O3S/c1-22(13-19(23)21-17-8-4-7-16(20)12-17)26(24,25)18-10-9-14-5-2-3-6-15(14)11-18/h4,7-12H,2-3,5-6,13H2,1H3,(H,21,23). The van der Waals surface area contributed by atoms with E-state index in [4.69, 9.17) is 0 Å². The van der Waals surface area contributed by atoms with Crippen LogP contribution in [0.2, 0.25) is 0 Å². The Morgan fingerprint density at radius 2 is 1.85 bits per heavy atom. The summed E-state index contributed by atoms with van der Waals surface area (Å²) in [6.45, 7) is -0.351. The van der Waals surface area contributed by atoms with Gasteiger partial charge in [-0.3, -0.25) is 4.79 Å². The van der Waals surface area contributed by atoms with E-state index in [2.05, 4.69) is 5.32 Å². The number of likely N-dealkylation sites (N-methyl/N-ethyl adjacent to an activating group) is 1. The van der Waals surface area contributed by atoms with Gasteiger partial charge in [-0.2, -0.15) is 4.31 Å². The minimum atomic E-state index is -3.77. The maximum Gasteiger partial charge on any atom is 0.243 e. The summed E-state index contributed by atoms with van der Waals surface area (Å²) in [4.78, 5) is 12.3. The fraction of sp³-hybridized carbons (Fsp3) is 0.316. The topological polar surface area (TPSA) is 66.5 Å². The molecule has 7 heteroatoms. The molecule has 0 heterocycles. The first-order chi connectivity index (χ1) is 12.4. The molecule has 1 aliphatic carbocycles. The van der Waals surface area contributed by atoms with Gasteiger partial charge in [0.25, 0.3) is 0 Å². The highest BCUT2D eigenvalue weighted by atomic mass is 32.2. The van der Waals surface area contributed by atoms with Gasteiger partial charge in [0.2, 0.25) is 15.9 Å². The van der Waals surface area contributed by atoms with Crippen molar-refractivity contribution in [1.82, 2.24) is 4.31 Å². The predicted octanol–water partition coefficient (Wildman–Crippen LogP) is 2.96. The van der Waals surface area contributed by atoms with Crippen LogP contribution in [0.1, 0.15) is 24.0 Å². The maximum absolute atomic E-state index is 13.2. The van der Waals surface area contributed by atoms with Crippen LogP contribution in [0.5, 0.6) is 0 Å². The van der Waals surface area contributed by atoms with E-state index in [1.807, 2.05) is 6.07 Å². The van der Waals surface area contributed by atoms with Crippen molar-refractivity contribution in [2.45, 2.75) is 30.6 Å². The molecular weight excluding hydrogens is 355 g/mol. The molecule has 0 saturated heterocycles. The quantitative estimate of drug-likeness (QED) is 0.872. The fourth-order valence-electron chi connectivity index (χ4n) is 3.10. The Kier molecular flexibility index (Phi) is 5.38. The molecule has 0 bridgehead atoms. The number of carbonyl (C=O) groups excluding carboxylic acids is 1. The van der Waals surface area contributed by atoms with Gasteiger partial charge < -0.3 is 5.32 Å². The minimum absolute atomic E-state index is 0.194. The Morgan fingerprint density at radius 3 is 2.58 bits per heavy atom. The van der Waals surface area contributed by atoms with Crippen molar-refractivity contribution >= 4 is 21.6 Å². The Morgan fingerprint density at radius 1 is 1.12 bits per heavy atom. The highest BCUT2D eigenvalue weighted by Gasteiger charge is 2.24. The molecule has 0 aromatic heterocycles. The number of anilines is 1. The number of sulfonamides is 1. The number of halogens is 1. The summed E-state index contributed by atoms with van der Waals surface area (Å²) >= 11 is 0. The molecule has 3 rings (SSSR count). The molecule has 2 aromatic carbocycles. The van der Waals surface area contributed by atoms with Crippen LogP contribution in [-0.4, -0.2) is 32.2 Å². The highest BCUT2D eigenvalue weighted by molar-refractivity contribution is 7.89. The Hall–Kier alpha value is -2.25. The van der Waals surface area contributed by atoms with Crippen LogP contribution in [0.3, 0.4) is 0 Å². The molecule has 0 aliphatic heterocycles. The number of fused-ring (bicyclic) bond motifs is 1. The number of benzene rings is 2. The Balaban J connectivity index is 1.71. The largest absolute Gasteiger partial charge is 0.325 e. The number of amides is 1. The monoisotopic (exact) mass is 376 g/mol. The number of hydrogen-bond donors (Lipinski definition) is 1. The van der Waals surface area contributed by atoms with Crippen molar-refractivity contribution in [2.24, 2.45) is 0 Å². The van der Waals surface area contributed by atoms with Gasteiger partial charge in [-0.25, -0.2) is 12.8 Å². The second kappa shape index (κ2) is 7.55. The fourth-order valence-corrected chi connectivity index (χ4v) is 4.28. The molecule has 1 N–H and O–H groups in total. The van der Waals surface area contributed by atoms with Crippen LogP contribution in [0.15, 0.2) is 47.4 Å². The van der Waals surface area contributed by atoms with Gasteiger partial charge >= 0.3 is 0 Å². The predicted molar refractivity (Wildman–Crippen MR) is 97.9 cm³/mol. The molecule has 0 radical (unpaired) electrons. The van der Waals surface area contributed by atoms with Crippen molar-refractivity contribution in [3.05, 3.63) is 59.4 Å². The summed E-state index contributed by atoms with van der Waals surface area (Å²) in [5.74, 6) is -1.00. The third kappa shape index (κ3) is 4.11. The summed E-state index contributed by atoms with van der Waals surface area (Å²) in [5.41, 5.74) is 2.55. The number of rotatable bonds is 5. The minimum Gasteiger partial charge on any atom is -0.325 e. The van der Waals surface area contributed by atoms with E-state index in [9.17, 15) is 17.6 Å². The number of nitrogens with one attached hydrogen (secondary N) is 1. The Labute approximate surface area is 152 Å². The van der Waals surface area contributed by atoms with Gasteiger partial charge in [-0.1, -0.05) is 12.1 Å². The Bertz CT molecular complexity index is 928. The van der Waals surface area contributed by atoms with Crippen LogP contribution in [-0.2, 0) is 27.7 Å². The van der Waals surface area contributed by atoms with Crippen LogP contribution >= 0.6 is 0 Å². The first kappa shape index (κ1) is 18.5. The molecule has 5 nitrogen and oxygen atoms in total. The highest BCUT2D eigenvalue weighted by Crippen LogP contribution is 2.25. The molecule has 138 valence electrons. The summed E-state index contributed by atoms with van der Waals surface area (Å²) in [5, 5.41) is 2.50. The first-order valence-corrected chi connectivity index (χ1v) is 9.94. The van der Waals surface area contributed by atoms with Crippen molar-refractivity contribution in [2.75, 3.05) is 18.9 Å². The van der Waals surface area contributed by atoms with Gasteiger partial charge in [0.15, 0.2) is 0 Å². The number of aryl methyl sites for hydroxylation is 2. The van der Waals surface area contributed by atoms with Gasteiger partial charge in [-0.05, 0) is 67.1 Å². The SMILES string of the molecule is CN(CC(=O)Nc1cccc(F)c1)S(=O)(=O)c1ccc2c(c1)CCCC2. The summed E-state index contributed by atoms with van der Waals surface area (Å²) in [7, 11) is -2.41. The van der Waals surface area contributed by atoms with E-state index < -0.39 is 21.7 Å². The van der Waals surface area contributed by atoms with E-state index in [0.717, 1.165) is 35.6 Å². The second-order valence-corrected chi connectivity index (χ2v) is 8.50. The molecule has 0 spiro atoms. The van der Waals surface area contributed by atoms with Gasteiger partial charge in [0, 0.05) is 12.7 Å². The maximum atomic E-state index is 13.2. The van der Waals surface area contributed by atoms with Crippen molar-refractivity contribution in [3.8, 4) is 0 Å². The smallest absolute Gasteiger partial charge is 0.243 e. The van der Waals surface area contributed by atoms with Crippen LogP contribution in [0.25, 0.3) is 0 Å². The lowest BCUT2D eigenvalue weighted by Gasteiger charge is -2.20. The zero-order chi connectivity index (χ0) is 18.7. The summed E-state index contributed by atoms with van der Waals surface area (Å²) in [6.07, 6.45) is 4.03. The number of hydrogen-bond acceptors (Lipinski definition) is 3. The van der Waals surface area contributed by atoms with E-state index in [0.29, 0.717) is 0 Å².